The summed E-state index contributed by atoms with van der Waals surface area (Å²) < 4.78 is 10.3. The molecule has 2 heterocycles. The zero-order valence-electron chi connectivity index (χ0n) is 17.2. The molecule has 0 aliphatic carbocycles. The van der Waals surface area contributed by atoms with Crippen LogP contribution in [-0.2, 0) is 19.1 Å². The molecule has 1 atom stereocenters. The summed E-state index contributed by atoms with van der Waals surface area (Å²) in [7, 11) is 0. The van der Waals surface area contributed by atoms with Crippen LogP contribution in [0.5, 0.6) is 0 Å². The molecule has 1 aromatic heterocycles. The molecule has 1 aliphatic heterocycles. The molecule has 1 amide bonds. The van der Waals surface area contributed by atoms with Gasteiger partial charge in [-0.3, -0.25) is 4.79 Å². The van der Waals surface area contributed by atoms with Crippen LogP contribution in [0.4, 0.5) is 5.82 Å². The van der Waals surface area contributed by atoms with Crippen molar-refractivity contribution in [2.75, 3.05) is 44.3 Å². The summed E-state index contributed by atoms with van der Waals surface area (Å²) in [5, 5.41) is 0. The lowest BCUT2D eigenvalue weighted by molar-refractivity contribution is -0.160. The molecule has 0 radical (unpaired) electrons. The predicted octanol–water partition coefficient (Wildman–Crippen LogP) is 1.69. The number of aryl methyl sites for hydroxylation is 1. The second-order valence-corrected chi connectivity index (χ2v) is 7.12. The molecule has 1 aromatic rings. The monoisotopic (exact) mass is 390 g/mol. The van der Waals surface area contributed by atoms with E-state index in [0.717, 1.165) is 17.3 Å². The van der Waals surface area contributed by atoms with Crippen molar-refractivity contribution in [3.05, 3.63) is 30.2 Å². The normalized spacial score (nSPS) is 15.5. The highest BCUT2D eigenvalue weighted by atomic mass is 16.6. The third-order valence-corrected chi connectivity index (χ3v) is 4.46. The van der Waals surface area contributed by atoms with Crippen molar-refractivity contribution >= 4 is 17.7 Å². The van der Waals surface area contributed by atoms with Crippen LogP contribution in [0.15, 0.2) is 18.7 Å². The van der Waals surface area contributed by atoms with Gasteiger partial charge in [0.05, 0.1) is 6.61 Å². The summed E-state index contributed by atoms with van der Waals surface area (Å²) in [5.41, 5.74) is 0.937. The van der Waals surface area contributed by atoms with Gasteiger partial charge in [0.15, 0.2) is 12.7 Å². The van der Waals surface area contributed by atoms with Crippen molar-refractivity contribution in [3.63, 3.8) is 0 Å². The first-order valence-electron chi connectivity index (χ1n) is 9.59. The lowest BCUT2D eigenvalue weighted by Crippen LogP contribution is -2.50. The van der Waals surface area contributed by atoms with Crippen LogP contribution in [0, 0.1) is 6.92 Å². The fourth-order valence-corrected chi connectivity index (χ4v) is 2.80. The third kappa shape index (κ3) is 6.02. The van der Waals surface area contributed by atoms with Gasteiger partial charge in [0, 0.05) is 43.9 Å². The Balaban J connectivity index is 1.84. The molecular formula is C20H30N4O4. The van der Waals surface area contributed by atoms with Crippen molar-refractivity contribution in [1.82, 2.24) is 14.9 Å². The fourth-order valence-electron chi connectivity index (χ4n) is 2.80. The smallest absolute Gasteiger partial charge is 0.335 e. The Bertz CT molecular complexity index is 699. The quantitative estimate of drug-likeness (QED) is 0.493. The van der Waals surface area contributed by atoms with Crippen molar-refractivity contribution in [1.29, 1.82) is 0 Å². The summed E-state index contributed by atoms with van der Waals surface area (Å²) >= 11 is 0. The minimum atomic E-state index is -0.723. The molecule has 2 rings (SSSR count). The van der Waals surface area contributed by atoms with E-state index >= 15 is 0 Å². The number of anilines is 1. The Labute approximate surface area is 166 Å². The van der Waals surface area contributed by atoms with Gasteiger partial charge in [-0.05, 0) is 13.8 Å². The highest BCUT2D eigenvalue weighted by Gasteiger charge is 2.24. The van der Waals surface area contributed by atoms with Crippen molar-refractivity contribution in [2.24, 2.45) is 0 Å². The minimum Gasteiger partial charge on any atom is -0.454 e. The number of nitrogens with zero attached hydrogens (tertiary/aromatic N) is 4. The van der Waals surface area contributed by atoms with Crippen LogP contribution in [0.2, 0.25) is 0 Å². The molecule has 0 aromatic carbocycles. The molecule has 0 N–H and O–H groups in total. The first-order valence-corrected chi connectivity index (χ1v) is 9.59. The molecule has 0 spiro atoms. The summed E-state index contributed by atoms with van der Waals surface area (Å²) in [4.78, 5) is 37.1. The number of esters is 1. The summed E-state index contributed by atoms with van der Waals surface area (Å²) in [6.07, 6.45) is 0.830. The Kier molecular flexibility index (Phi) is 7.92. The maximum absolute atomic E-state index is 12.3. The molecule has 8 heteroatoms. The number of carbonyl (C=O) groups is 2. The zero-order valence-corrected chi connectivity index (χ0v) is 17.2. The number of rotatable bonds is 8. The van der Waals surface area contributed by atoms with Crippen LogP contribution in [-0.4, -0.2) is 72.2 Å². The average Bonchev–Trinajstić information content (AvgIpc) is 2.69. The van der Waals surface area contributed by atoms with E-state index in [1.165, 1.54) is 0 Å². The second kappa shape index (κ2) is 10.2. The van der Waals surface area contributed by atoms with E-state index < -0.39 is 12.1 Å². The van der Waals surface area contributed by atoms with E-state index in [2.05, 4.69) is 35.3 Å². The molecule has 1 unspecified atom stereocenters. The van der Waals surface area contributed by atoms with Crippen LogP contribution >= 0.6 is 0 Å². The lowest BCUT2D eigenvalue weighted by Gasteiger charge is -2.35. The SMILES string of the molecule is C=CCOC(C)C(=O)OCC(=O)N1CCN(c2cc(C)nc(C(C)C)n2)CC1. The predicted molar refractivity (Wildman–Crippen MR) is 106 cm³/mol. The number of hydrogen-bond donors (Lipinski definition) is 0. The fraction of sp³-hybridized carbons (Fsp3) is 0.600. The Morgan fingerprint density at radius 3 is 2.50 bits per heavy atom. The van der Waals surface area contributed by atoms with Crippen molar-refractivity contribution in [2.45, 2.75) is 39.7 Å². The highest BCUT2D eigenvalue weighted by Crippen LogP contribution is 2.18. The number of amides is 1. The van der Waals surface area contributed by atoms with E-state index in [1.54, 1.807) is 17.9 Å². The van der Waals surface area contributed by atoms with E-state index in [0.29, 0.717) is 26.2 Å². The Hall–Kier alpha value is -2.48. The number of piperazine rings is 1. The number of ether oxygens (including phenoxy) is 2. The van der Waals surface area contributed by atoms with Gasteiger partial charge in [-0.1, -0.05) is 19.9 Å². The minimum absolute atomic E-state index is 0.203. The molecule has 1 fully saturated rings. The highest BCUT2D eigenvalue weighted by molar-refractivity contribution is 5.82. The molecule has 0 bridgehead atoms. The van der Waals surface area contributed by atoms with Crippen LogP contribution < -0.4 is 4.90 Å². The Morgan fingerprint density at radius 2 is 1.89 bits per heavy atom. The second-order valence-electron chi connectivity index (χ2n) is 7.12. The zero-order chi connectivity index (χ0) is 20.7. The third-order valence-electron chi connectivity index (χ3n) is 4.46. The standard InChI is InChI=1S/C20H30N4O4/c1-6-11-27-16(5)20(26)28-13-18(25)24-9-7-23(8-10-24)17-12-15(4)21-19(22-17)14(2)3/h6,12,14,16H,1,7-11,13H2,2-5H3. The average molecular weight is 390 g/mol. The van der Waals surface area contributed by atoms with E-state index in [4.69, 9.17) is 9.47 Å². The van der Waals surface area contributed by atoms with Gasteiger partial charge >= 0.3 is 5.97 Å². The first kappa shape index (κ1) is 21.8. The topological polar surface area (TPSA) is 84.9 Å². The number of hydrogen-bond acceptors (Lipinski definition) is 7. The van der Waals surface area contributed by atoms with Gasteiger partial charge in [0.25, 0.3) is 5.91 Å². The van der Waals surface area contributed by atoms with Gasteiger partial charge in [-0.15, -0.1) is 6.58 Å². The van der Waals surface area contributed by atoms with Crippen LogP contribution in [0.1, 0.15) is 38.2 Å². The van der Waals surface area contributed by atoms with Crippen LogP contribution in [0.25, 0.3) is 0 Å². The maximum atomic E-state index is 12.3. The van der Waals surface area contributed by atoms with Gasteiger partial charge in [-0.2, -0.15) is 0 Å². The summed E-state index contributed by atoms with van der Waals surface area (Å²) in [5.74, 6) is 1.22. The molecule has 154 valence electrons. The van der Waals surface area contributed by atoms with Gasteiger partial charge in [0.2, 0.25) is 0 Å². The molecule has 1 aliphatic rings. The van der Waals surface area contributed by atoms with Gasteiger partial charge in [0.1, 0.15) is 11.6 Å². The molecule has 8 nitrogen and oxygen atoms in total. The van der Waals surface area contributed by atoms with Crippen LogP contribution in [0.3, 0.4) is 0 Å². The van der Waals surface area contributed by atoms with Gasteiger partial charge < -0.3 is 19.3 Å². The van der Waals surface area contributed by atoms with E-state index in [-0.39, 0.29) is 25.0 Å². The van der Waals surface area contributed by atoms with Crippen molar-refractivity contribution in [3.8, 4) is 0 Å². The first-order chi connectivity index (χ1) is 13.3. The molecule has 0 saturated carbocycles. The lowest BCUT2D eigenvalue weighted by atomic mass is 10.2. The largest absolute Gasteiger partial charge is 0.454 e. The van der Waals surface area contributed by atoms with Gasteiger partial charge in [-0.25, -0.2) is 14.8 Å². The summed E-state index contributed by atoms with van der Waals surface area (Å²) in [6, 6.07) is 1.97. The molecule has 1 saturated heterocycles. The van der Waals surface area contributed by atoms with E-state index in [1.807, 2.05) is 13.0 Å². The maximum Gasteiger partial charge on any atom is 0.335 e. The number of carbonyl (C=O) groups excluding carboxylic acids is 2. The molecular weight excluding hydrogens is 360 g/mol. The Morgan fingerprint density at radius 1 is 1.21 bits per heavy atom. The summed E-state index contributed by atoms with van der Waals surface area (Å²) in [6.45, 7) is 13.7. The van der Waals surface area contributed by atoms with E-state index in [9.17, 15) is 9.59 Å². The number of aromatic nitrogens is 2. The van der Waals surface area contributed by atoms with Crippen molar-refractivity contribution < 1.29 is 19.1 Å². The molecule has 28 heavy (non-hydrogen) atoms.